The summed E-state index contributed by atoms with van der Waals surface area (Å²) in [4.78, 5) is 17.6. The monoisotopic (exact) mass is 351 g/mol. The fraction of sp³-hybridized carbons (Fsp3) is 0.250. The van der Waals surface area contributed by atoms with E-state index in [1.165, 1.54) is 6.20 Å². The van der Waals surface area contributed by atoms with Crippen molar-refractivity contribution in [1.82, 2.24) is 4.98 Å². The zero-order chi connectivity index (χ0) is 16.4. The second-order valence-electron chi connectivity index (χ2n) is 5.24. The third-order valence-electron chi connectivity index (χ3n) is 3.79. The van der Waals surface area contributed by atoms with E-state index in [4.69, 9.17) is 33.7 Å². The van der Waals surface area contributed by atoms with Crippen molar-refractivity contribution in [2.45, 2.75) is 6.10 Å². The molecule has 1 atom stereocenters. The minimum Gasteiger partial charge on any atom is -0.370 e. The Morgan fingerprint density at radius 2 is 2.13 bits per heavy atom. The number of primary amides is 1. The summed E-state index contributed by atoms with van der Waals surface area (Å²) in [5, 5.41) is 1.000. The first-order valence-corrected chi connectivity index (χ1v) is 7.87. The summed E-state index contributed by atoms with van der Waals surface area (Å²) in [5.41, 5.74) is 7.55. The molecule has 2 heterocycles. The van der Waals surface area contributed by atoms with Gasteiger partial charge in [0.2, 0.25) is 0 Å². The molecule has 0 aliphatic carbocycles. The number of halogens is 2. The molecule has 0 bridgehead atoms. The van der Waals surface area contributed by atoms with Crippen molar-refractivity contribution >= 4 is 34.8 Å². The van der Waals surface area contributed by atoms with Crippen LogP contribution in [0.4, 0.5) is 5.69 Å². The largest absolute Gasteiger partial charge is 0.370 e. The van der Waals surface area contributed by atoms with Gasteiger partial charge in [0.1, 0.15) is 6.10 Å². The number of amides is 1. The lowest BCUT2D eigenvalue weighted by Gasteiger charge is -2.35. The van der Waals surface area contributed by atoms with Crippen molar-refractivity contribution in [2.24, 2.45) is 5.73 Å². The highest BCUT2D eigenvalue weighted by Crippen LogP contribution is 2.31. The lowest BCUT2D eigenvalue weighted by Crippen LogP contribution is -2.39. The Bertz CT molecular complexity index is 739. The standard InChI is InChI=1S/C16H15Cl2N3O2/c17-12-2-1-10(7-13(12)18)15-9-21(5-6-23-15)14-3-4-20-8-11(14)16(19)22/h1-4,7-8,15H,5-6,9H2,(H2,19,22). The van der Waals surface area contributed by atoms with Crippen LogP contribution in [0.15, 0.2) is 36.7 Å². The Balaban J connectivity index is 1.86. The van der Waals surface area contributed by atoms with E-state index in [0.29, 0.717) is 35.3 Å². The molecule has 2 aromatic rings. The zero-order valence-corrected chi connectivity index (χ0v) is 13.7. The summed E-state index contributed by atoms with van der Waals surface area (Å²) in [6.07, 6.45) is 2.97. The SMILES string of the molecule is NC(=O)c1cnccc1N1CCOC(c2ccc(Cl)c(Cl)c2)C1. The van der Waals surface area contributed by atoms with Crippen molar-refractivity contribution in [3.05, 3.63) is 57.8 Å². The molecule has 3 rings (SSSR count). The van der Waals surface area contributed by atoms with Gasteiger partial charge in [0.15, 0.2) is 0 Å². The van der Waals surface area contributed by atoms with Crippen molar-refractivity contribution in [2.75, 3.05) is 24.6 Å². The van der Waals surface area contributed by atoms with Gasteiger partial charge in [-0.1, -0.05) is 29.3 Å². The Kier molecular flexibility index (Phi) is 4.71. The van der Waals surface area contributed by atoms with Crippen LogP contribution < -0.4 is 10.6 Å². The third-order valence-corrected chi connectivity index (χ3v) is 4.53. The Morgan fingerprint density at radius 1 is 1.30 bits per heavy atom. The number of hydrogen-bond acceptors (Lipinski definition) is 4. The summed E-state index contributed by atoms with van der Waals surface area (Å²) < 4.78 is 5.84. The van der Waals surface area contributed by atoms with Crippen molar-refractivity contribution < 1.29 is 9.53 Å². The lowest BCUT2D eigenvalue weighted by molar-refractivity contribution is 0.0397. The summed E-state index contributed by atoms with van der Waals surface area (Å²) >= 11 is 12.0. The van der Waals surface area contributed by atoms with Crippen LogP contribution in [0, 0.1) is 0 Å². The van der Waals surface area contributed by atoms with Gasteiger partial charge >= 0.3 is 0 Å². The van der Waals surface area contributed by atoms with Gasteiger partial charge in [0.25, 0.3) is 5.91 Å². The predicted molar refractivity (Wildman–Crippen MR) is 90.1 cm³/mol. The smallest absolute Gasteiger partial charge is 0.252 e. The highest BCUT2D eigenvalue weighted by atomic mass is 35.5. The number of carbonyl (C=O) groups excluding carboxylic acids is 1. The van der Waals surface area contributed by atoms with Crippen molar-refractivity contribution in [3.63, 3.8) is 0 Å². The number of nitrogens with zero attached hydrogens (tertiary/aromatic N) is 2. The number of rotatable bonds is 3. The average Bonchev–Trinajstić information content (AvgIpc) is 2.57. The molecule has 0 spiro atoms. The molecule has 1 amide bonds. The van der Waals surface area contributed by atoms with Crippen LogP contribution in [-0.2, 0) is 4.74 Å². The van der Waals surface area contributed by atoms with Gasteiger partial charge in [0.05, 0.1) is 27.9 Å². The molecule has 1 unspecified atom stereocenters. The van der Waals surface area contributed by atoms with Gasteiger partial charge in [-0.25, -0.2) is 0 Å². The molecule has 1 saturated heterocycles. The predicted octanol–water partition coefficient (Wildman–Crippen LogP) is 3.07. The molecule has 23 heavy (non-hydrogen) atoms. The number of morpholine rings is 1. The maximum absolute atomic E-state index is 11.6. The number of pyridine rings is 1. The highest BCUT2D eigenvalue weighted by Gasteiger charge is 2.25. The van der Waals surface area contributed by atoms with Crippen LogP contribution in [0.3, 0.4) is 0 Å². The molecule has 1 aliphatic heterocycles. The highest BCUT2D eigenvalue weighted by molar-refractivity contribution is 6.42. The van der Waals surface area contributed by atoms with E-state index in [1.807, 2.05) is 6.07 Å². The first-order chi connectivity index (χ1) is 11.1. The van der Waals surface area contributed by atoms with E-state index >= 15 is 0 Å². The summed E-state index contributed by atoms with van der Waals surface area (Å²) in [6.45, 7) is 1.79. The summed E-state index contributed by atoms with van der Waals surface area (Å²) in [5.74, 6) is -0.495. The molecule has 2 N–H and O–H groups in total. The molecular weight excluding hydrogens is 337 g/mol. The number of aromatic nitrogens is 1. The van der Waals surface area contributed by atoms with Gasteiger partial charge in [0, 0.05) is 25.5 Å². The van der Waals surface area contributed by atoms with E-state index in [9.17, 15) is 4.79 Å². The van der Waals surface area contributed by atoms with E-state index in [1.54, 1.807) is 24.4 Å². The number of hydrogen-bond donors (Lipinski definition) is 1. The van der Waals surface area contributed by atoms with Gasteiger partial charge in [-0.3, -0.25) is 9.78 Å². The van der Waals surface area contributed by atoms with E-state index in [0.717, 1.165) is 11.3 Å². The van der Waals surface area contributed by atoms with Gasteiger partial charge in [-0.05, 0) is 23.8 Å². The number of benzene rings is 1. The topological polar surface area (TPSA) is 68.5 Å². The fourth-order valence-corrected chi connectivity index (χ4v) is 2.94. The molecule has 0 radical (unpaired) electrons. The fourth-order valence-electron chi connectivity index (χ4n) is 2.64. The Hall–Kier alpha value is -1.82. The first-order valence-electron chi connectivity index (χ1n) is 7.11. The third kappa shape index (κ3) is 3.42. The number of carbonyl (C=O) groups is 1. The van der Waals surface area contributed by atoms with Crippen LogP contribution in [0.2, 0.25) is 10.0 Å². The van der Waals surface area contributed by atoms with E-state index in [2.05, 4.69) is 9.88 Å². The minimum absolute atomic E-state index is 0.160. The van der Waals surface area contributed by atoms with Crippen LogP contribution in [0.25, 0.3) is 0 Å². The molecule has 1 aliphatic rings. The van der Waals surface area contributed by atoms with Gasteiger partial charge in [-0.2, -0.15) is 0 Å². The second-order valence-corrected chi connectivity index (χ2v) is 6.05. The molecule has 120 valence electrons. The van der Waals surface area contributed by atoms with Crippen molar-refractivity contribution in [3.8, 4) is 0 Å². The van der Waals surface area contributed by atoms with Crippen LogP contribution >= 0.6 is 23.2 Å². The first kappa shape index (κ1) is 16.1. The molecule has 1 aromatic heterocycles. The van der Waals surface area contributed by atoms with Crippen molar-refractivity contribution in [1.29, 1.82) is 0 Å². The lowest BCUT2D eigenvalue weighted by atomic mass is 10.1. The van der Waals surface area contributed by atoms with Crippen LogP contribution in [0.1, 0.15) is 22.0 Å². The maximum Gasteiger partial charge on any atom is 0.252 e. The molecule has 1 fully saturated rings. The van der Waals surface area contributed by atoms with E-state index in [-0.39, 0.29) is 6.10 Å². The number of nitrogens with two attached hydrogens (primary N) is 1. The quantitative estimate of drug-likeness (QED) is 0.922. The molecule has 7 heteroatoms. The van der Waals surface area contributed by atoms with Gasteiger partial charge in [-0.15, -0.1) is 0 Å². The second kappa shape index (κ2) is 6.74. The van der Waals surface area contributed by atoms with Crippen LogP contribution in [-0.4, -0.2) is 30.6 Å². The number of anilines is 1. The zero-order valence-electron chi connectivity index (χ0n) is 12.2. The summed E-state index contributed by atoms with van der Waals surface area (Å²) in [6, 6.07) is 7.24. The van der Waals surface area contributed by atoms with Gasteiger partial charge < -0.3 is 15.4 Å². The Labute approximate surface area is 144 Å². The summed E-state index contributed by atoms with van der Waals surface area (Å²) in [7, 11) is 0. The van der Waals surface area contributed by atoms with E-state index < -0.39 is 5.91 Å². The molecular formula is C16H15Cl2N3O2. The molecule has 5 nitrogen and oxygen atoms in total. The minimum atomic E-state index is -0.495. The molecule has 1 aromatic carbocycles. The molecule has 0 saturated carbocycles. The van der Waals surface area contributed by atoms with Crippen LogP contribution in [0.5, 0.6) is 0 Å². The average molecular weight is 352 g/mol. The normalized spacial score (nSPS) is 18.0. The maximum atomic E-state index is 11.6. The Morgan fingerprint density at radius 3 is 2.87 bits per heavy atom. The number of ether oxygens (including phenoxy) is 1.